The number of hydrogen-bond acceptors (Lipinski definition) is 5. The van der Waals surface area contributed by atoms with E-state index in [2.05, 4.69) is 10.7 Å². The number of rotatable bonds is 5. The molecule has 0 aliphatic carbocycles. The molecule has 1 aromatic heterocycles. The number of hydrazine groups is 1. The van der Waals surface area contributed by atoms with E-state index >= 15 is 0 Å². The Morgan fingerprint density at radius 3 is 2.62 bits per heavy atom. The van der Waals surface area contributed by atoms with Crippen molar-refractivity contribution in [2.24, 2.45) is 0 Å². The van der Waals surface area contributed by atoms with Crippen LogP contribution in [-0.4, -0.2) is 24.8 Å². The zero-order valence-corrected chi connectivity index (χ0v) is 13.0. The molecule has 1 aromatic carbocycles. The molecule has 2 rings (SSSR count). The Morgan fingerprint density at radius 2 is 1.92 bits per heavy atom. The van der Waals surface area contributed by atoms with Crippen molar-refractivity contribution in [3.63, 3.8) is 0 Å². The molecular formula is C16H17N3O5. The Labute approximate surface area is 138 Å². The van der Waals surface area contributed by atoms with Gasteiger partial charge in [-0.1, -0.05) is 12.1 Å². The zero-order valence-electron chi connectivity index (χ0n) is 13.0. The summed E-state index contributed by atoms with van der Waals surface area (Å²) in [6, 6.07) is 10.0. The second-order valence-electron chi connectivity index (χ2n) is 4.80. The van der Waals surface area contributed by atoms with Crippen molar-refractivity contribution in [3.05, 3.63) is 59.5 Å². The zero-order chi connectivity index (χ0) is 17.4. The van der Waals surface area contributed by atoms with Gasteiger partial charge in [-0.3, -0.25) is 25.2 Å². The summed E-state index contributed by atoms with van der Waals surface area (Å²) in [5, 5.41) is 2.36. The van der Waals surface area contributed by atoms with Crippen molar-refractivity contribution in [3.8, 4) is 0 Å². The second-order valence-corrected chi connectivity index (χ2v) is 4.80. The molecule has 8 heteroatoms. The summed E-state index contributed by atoms with van der Waals surface area (Å²) in [4.78, 5) is 35.2. The van der Waals surface area contributed by atoms with E-state index in [4.69, 9.17) is 9.15 Å². The van der Waals surface area contributed by atoms with Gasteiger partial charge in [0.15, 0.2) is 0 Å². The van der Waals surface area contributed by atoms with Crippen LogP contribution in [0.1, 0.15) is 21.7 Å². The first-order valence-corrected chi connectivity index (χ1v) is 7.09. The molecule has 0 radical (unpaired) electrons. The number of carbonyl (C=O) groups is 3. The SMILES string of the molecule is COCc1cccc(C(=O)NNC(=O)C(=O)NCc2ccco2)c1. The molecule has 8 nitrogen and oxygen atoms in total. The van der Waals surface area contributed by atoms with Crippen LogP contribution >= 0.6 is 0 Å². The lowest BCUT2D eigenvalue weighted by atomic mass is 10.1. The van der Waals surface area contributed by atoms with Gasteiger partial charge < -0.3 is 14.5 Å². The third-order valence-corrected chi connectivity index (χ3v) is 3.00. The molecule has 3 N–H and O–H groups in total. The third-order valence-electron chi connectivity index (χ3n) is 3.00. The topological polar surface area (TPSA) is 110 Å². The Bertz CT molecular complexity index is 712. The van der Waals surface area contributed by atoms with E-state index in [9.17, 15) is 14.4 Å². The monoisotopic (exact) mass is 331 g/mol. The Hall–Kier alpha value is -3.13. The van der Waals surface area contributed by atoms with E-state index in [-0.39, 0.29) is 6.54 Å². The Balaban J connectivity index is 1.81. The van der Waals surface area contributed by atoms with Gasteiger partial charge in [0.1, 0.15) is 5.76 Å². The smallest absolute Gasteiger partial charge is 0.327 e. The summed E-state index contributed by atoms with van der Waals surface area (Å²) >= 11 is 0. The van der Waals surface area contributed by atoms with Crippen molar-refractivity contribution < 1.29 is 23.5 Å². The number of amides is 3. The average Bonchev–Trinajstić information content (AvgIpc) is 3.11. The van der Waals surface area contributed by atoms with Gasteiger partial charge in [-0.15, -0.1) is 0 Å². The second kappa shape index (κ2) is 8.49. The number of hydrogen-bond donors (Lipinski definition) is 3. The van der Waals surface area contributed by atoms with Crippen LogP contribution in [0, 0.1) is 0 Å². The third kappa shape index (κ3) is 4.96. The van der Waals surface area contributed by atoms with E-state index in [1.54, 1.807) is 43.5 Å². The van der Waals surface area contributed by atoms with Crippen molar-refractivity contribution in [1.29, 1.82) is 0 Å². The predicted molar refractivity (Wildman–Crippen MR) is 83.3 cm³/mol. The first kappa shape index (κ1) is 17.2. The van der Waals surface area contributed by atoms with Crippen LogP contribution in [0.5, 0.6) is 0 Å². The molecule has 0 bridgehead atoms. The lowest BCUT2D eigenvalue weighted by Gasteiger charge is -2.08. The highest BCUT2D eigenvalue weighted by Crippen LogP contribution is 2.06. The number of benzene rings is 1. The van der Waals surface area contributed by atoms with Crippen molar-refractivity contribution >= 4 is 17.7 Å². The minimum absolute atomic E-state index is 0.0757. The fraction of sp³-hybridized carbons (Fsp3) is 0.188. The van der Waals surface area contributed by atoms with Gasteiger partial charge in [0.2, 0.25) is 0 Å². The number of furan rings is 1. The lowest BCUT2D eigenvalue weighted by Crippen LogP contribution is -2.48. The maximum Gasteiger partial charge on any atom is 0.327 e. The minimum atomic E-state index is -0.983. The van der Waals surface area contributed by atoms with E-state index in [0.29, 0.717) is 17.9 Å². The van der Waals surface area contributed by atoms with Crippen LogP contribution < -0.4 is 16.2 Å². The number of ether oxygens (including phenoxy) is 1. The number of carbonyl (C=O) groups excluding carboxylic acids is 3. The number of nitrogens with one attached hydrogen (secondary N) is 3. The molecule has 2 aromatic rings. The molecule has 126 valence electrons. The van der Waals surface area contributed by atoms with E-state index in [0.717, 1.165) is 5.56 Å². The maximum atomic E-state index is 12.0. The summed E-state index contributed by atoms with van der Waals surface area (Å²) in [6.45, 7) is 0.439. The Kier molecular flexibility index (Phi) is 6.09. The van der Waals surface area contributed by atoms with Gasteiger partial charge in [-0.25, -0.2) is 0 Å². The van der Waals surface area contributed by atoms with Gasteiger partial charge in [0.05, 0.1) is 19.4 Å². The van der Waals surface area contributed by atoms with Crippen molar-refractivity contribution in [1.82, 2.24) is 16.2 Å². The van der Waals surface area contributed by atoms with Crippen LogP contribution in [0.2, 0.25) is 0 Å². The van der Waals surface area contributed by atoms with Crippen LogP contribution in [-0.2, 0) is 27.5 Å². The van der Waals surface area contributed by atoms with Crippen molar-refractivity contribution in [2.45, 2.75) is 13.2 Å². The van der Waals surface area contributed by atoms with E-state index in [1.807, 2.05) is 5.43 Å². The highest BCUT2D eigenvalue weighted by atomic mass is 16.5. The van der Waals surface area contributed by atoms with Gasteiger partial charge >= 0.3 is 11.8 Å². The summed E-state index contributed by atoms with van der Waals surface area (Å²) in [6.07, 6.45) is 1.46. The maximum absolute atomic E-state index is 12.0. The van der Waals surface area contributed by atoms with Gasteiger partial charge in [-0.2, -0.15) is 0 Å². The molecule has 0 aliphatic heterocycles. The first-order chi connectivity index (χ1) is 11.6. The molecule has 0 aliphatic rings. The molecule has 1 heterocycles. The van der Waals surface area contributed by atoms with Crippen LogP contribution in [0.4, 0.5) is 0 Å². The van der Waals surface area contributed by atoms with E-state index < -0.39 is 17.7 Å². The largest absolute Gasteiger partial charge is 0.467 e. The van der Waals surface area contributed by atoms with Crippen molar-refractivity contribution in [2.75, 3.05) is 7.11 Å². The fourth-order valence-corrected chi connectivity index (χ4v) is 1.87. The van der Waals surface area contributed by atoms with Crippen LogP contribution in [0.15, 0.2) is 47.1 Å². The lowest BCUT2D eigenvalue weighted by molar-refractivity contribution is -0.139. The number of methoxy groups -OCH3 is 1. The average molecular weight is 331 g/mol. The van der Waals surface area contributed by atoms with Gasteiger partial charge in [-0.05, 0) is 29.8 Å². The molecule has 0 saturated heterocycles. The van der Waals surface area contributed by atoms with Crippen LogP contribution in [0.3, 0.4) is 0 Å². The molecule has 0 fully saturated rings. The van der Waals surface area contributed by atoms with Crippen LogP contribution in [0.25, 0.3) is 0 Å². The predicted octanol–water partition coefficient (Wildman–Crippen LogP) is 0.503. The molecule has 0 saturated carbocycles. The van der Waals surface area contributed by atoms with Gasteiger partial charge in [0, 0.05) is 12.7 Å². The molecule has 0 atom stereocenters. The standard InChI is InChI=1S/C16H17N3O5/c1-23-10-11-4-2-5-12(8-11)14(20)18-19-16(22)15(21)17-9-13-6-3-7-24-13/h2-8H,9-10H2,1H3,(H,17,21)(H,18,20)(H,19,22). The first-order valence-electron chi connectivity index (χ1n) is 7.09. The minimum Gasteiger partial charge on any atom is -0.467 e. The summed E-state index contributed by atoms with van der Waals surface area (Å²) in [5.41, 5.74) is 5.38. The summed E-state index contributed by atoms with van der Waals surface area (Å²) in [5.74, 6) is -1.90. The normalized spacial score (nSPS) is 10.0. The van der Waals surface area contributed by atoms with Gasteiger partial charge in [0.25, 0.3) is 5.91 Å². The Morgan fingerprint density at radius 1 is 1.08 bits per heavy atom. The summed E-state index contributed by atoms with van der Waals surface area (Å²) < 4.78 is 10.0. The summed E-state index contributed by atoms with van der Waals surface area (Å²) in [7, 11) is 1.55. The highest BCUT2D eigenvalue weighted by Gasteiger charge is 2.15. The fourth-order valence-electron chi connectivity index (χ4n) is 1.87. The molecule has 24 heavy (non-hydrogen) atoms. The highest BCUT2D eigenvalue weighted by molar-refractivity contribution is 6.35. The molecule has 3 amide bonds. The quantitative estimate of drug-likeness (QED) is 0.546. The molecular weight excluding hydrogens is 314 g/mol. The van der Waals surface area contributed by atoms with E-state index in [1.165, 1.54) is 6.26 Å². The molecule has 0 unspecified atom stereocenters. The molecule has 0 spiro atoms.